The Bertz CT molecular complexity index is 815. The van der Waals surface area contributed by atoms with Crippen molar-refractivity contribution in [2.75, 3.05) is 6.61 Å². The molecule has 2 aromatic carbocycles. The predicted octanol–water partition coefficient (Wildman–Crippen LogP) is 3.12. The Morgan fingerprint density at radius 2 is 2.04 bits per heavy atom. The van der Waals surface area contributed by atoms with Crippen LogP contribution < -0.4 is 10.1 Å². The number of fused-ring (bicyclic) bond motifs is 1. The molecule has 2 aromatic rings. The van der Waals surface area contributed by atoms with Gasteiger partial charge in [-0.15, -0.1) is 0 Å². The van der Waals surface area contributed by atoms with Crippen molar-refractivity contribution >= 4 is 11.9 Å². The van der Waals surface area contributed by atoms with Gasteiger partial charge in [0.2, 0.25) is 0 Å². The van der Waals surface area contributed by atoms with Crippen LogP contribution in [0.25, 0.3) is 0 Å². The number of rotatable bonds is 5. The van der Waals surface area contributed by atoms with E-state index in [4.69, 9.17) is 9.84 Å². The van der Waals surface area contributed by atoms with Crippen LogP contribution in [0, 0.1) is 12.8 Å². The van der Waals surface area contributed by atoms with E-state index in [1.807, 2.05) is 6.92 Å². The SMILES string of the molecule is Cc1ccc2c(c1)C(NC(=O)c1cccc(OCC(=O)O)c1)C(C)C2. The molecule has 0 saturated carbocycles. The van der Waals surface area contributed by atoms with E-state index in [0.717, 1.165) is 6.42 Å². The largest absolute Gasteiger partial charge is 0.482 e. The lowest BCUT2D eigenvalue weighted by Gasteiger charge is -2.19. The van der Waals surface area contributed by atoms with Crippen molar-refractivity contribution in [3.05, 3.63) is 64.7 Å². The lowest BCUT2D eigenvalue weighted by molar-refractivity contribution is -0.139. The van der Waals surface area contributed by atoms with Gasteiger partial charge in [0.1, 0.15) is 5.75 Å². The van der Waals surface area contributed by atoms with Crippen LogP contribution in [0.5, 0.6) is 5.75 Å². The number of hydrogen-bond donors (Lipinski definition) is 2. The van der Waals surface area contributed by atoms with Gasteiger partial charge in [-0.1, -0.05) is 36.8 Å². The number of carbonyl (C=O) groups is 2. The van der Waals surface area contributed by atoms with Crippen molar-refractivity contribution in [1.29, 1.82) is 0 Å². The van der Waals surface area contributed by atoms with E-state index in [-0.39, 0.29) is 11.9 Å². The van der Waals surface area contributed by atoms with Gasteiger partial charge in [-0.3, -0.25) is 4.79 Å². The van der Waals surface area contributed by atoms with Gasteiger partial charge in [-0.2, -0.15) is 0 Å². The van der Waals surface area contributed by atoms with Gasteiger partial charge in [-0.05, 0) is 48.6 Å². The van der Waals surface area contributed by atoms with Crippen LogP contribution >= 0.6 is 0 Å². The molecule has 2 atom stereocenters. The maximum atomic E-state index is 12.6. The molecular weight excluding hydrogens is 318 g/mol. The molecule has 0 spiro atoms. The molecule has 5 nitrogen and oxygen atoms in total. The zero-order valence-electron chi connectivity index (χ0n) is 14.3. The Hall–Kier alpha value is -2.82. The first-order valence-electron chi connectivity index (χ1n) is 8.29. The van der Waals surface area contributed by atoms with Crippen LogP contribution in [0.2, 0.25) is 0 Å². The van der Waals surface area contributed by atoms with Crippen molar-refractivity contribution in [2.24, 2.45) is 5.92 Å². The number of nitrogens with one attached hydrogen (secondary N) is 1. The summed E-state index contributed by atoms with van der Waals surface area (Å²) in [5.41, 5.74) is 4.09. The lowest BCUT2D eigenvalue weighted by atomic mass is 10.0. The van der Waals surface area contributed by atoms with E-state index in [2.05, 4.69) is 30.4 Å². The van der Waals surface area contributed by atoms with Crippen LogP contribution in [-0.2, 0) is 11.2 Å². The van der Waals surface area contributed by atoms with Crippen LogP contribution in [-0.4, -0.2) is 23.6 Å². The summed E-state index contributed by atoms with van der Waals surface area (Å²) in [6.07, 6.45) is 0.947. The first-order valence-corrected chi connectivity index (χ1v) is 8.29. The number of aliphatic carboxylic acids is 1. The average molecular weight is 339 g/mol. The van der Waals surface area contributed by atoms with Gasteiger partial charge >= 0.3 is 5.97 Å². The third kappa shape index (κ3) is 3.82. The normalized spacial score (nSPS) is 18.5. The van der Waals surface area contributed by atoms with Crippen molar-refractivity contribution in [3.8, 4) is 5.75 Å². The molecule has 0 fully saturated rings. The maximum absolute atomic E-state index is 12.6. The molecule has 1 amide bonds. The number of carboxylic acid groups (broad SMARTS) is 1. The number of carbonyl (C=O) groups excluding carboxylic acids is 1. The van der Waals surface area contributed by atoms with E-state index in [0.29, 0.717) is 17.2 Å². The Morgan fingerprint density at radius 3 is 2.80 bits per heavy atom. The van der Waals surface area contributed by atoms with Gasteiger partial charge in [-0.25, -0.2) is 4.79 Å². The quantitative estimate of drug-likeness (QED) is 0.877. The van der Waals surface area contributed by atoms with Crippen molar-refractivity contribution < 1.29 is 19.4 Å². The molecule has 0 saturated heterocycles. The molecule has 130 valence electrons. The number of hydrogen-bond acceptors (Lipinski definition) is 3. The highest BCUT2D eigenvalue weighted by Crippen LogP contribution is 2.36. The van der Waals surface area contributed by atoms with Gasteiger partial charge in [0, 0.05) is 5.56 Å². The number of ether oxygens (including phenoxy) is 1. The van der Waals surface area contributed by atoms with Crippen LogP contribution in [0.15, 0.2) is 42.5 Å². The number of aryl methyl sites for hydroxylation is 1. The highest BCUT2D eigenvalue weighted by Gasteiger charge is 2.30. The van der Waals surface area contributed by atoms with Gasteiger partial charge in [0.15, 0.2) is 6.61 Å². The molecule has 0 radical (unpaired) electrons. The molecule has 2 unspecified atom stereocenters. The summed E-state index contributed by atoms with van der Waals surface area (Å²) < 4.78 is 5.14. The fourth-order valence-electron chi connectivity index (χ4n) is 3.28. The molecule has 0 aliphatic heterocycles. The first-order chi connectivity index (χ1) is 11.9. The standard InChI is InChI=1S/C20H21NO4/c1-12-6-7-14-9-13(2)19(17(14)8-12)21-20(24)15-4-3-5-16(10-15)25-11-18(22)23/h3-8,10,13,19H,9,11H2,1-2H3,(H,21,24)(H,22,23). The molecule has 5 heteroatoms. The second-order valence-electron chi connectivity index (χ2n) is 6.55. The Morgan fingerprint density at radius 1 is 1.24 bits per heavy atom. The van der Waals surface area contributed by atoms with Crippen molar-refractivity contribution in [3.63, 3.8) is 0 Å². The number of amides is 1. The molecule has 25 heavy (non-hydrogen) atoms. The Labute approximate surface area is 146 Å². The zero-order chi connectivity index (χ0) is 18.0. The molecule has 0 aromatic heterocycles. The zero-order valence-corrected chi connectivity index (χ0v) is 14.3. The molecule has 0 heterocycles. The van der Waals surface area contributed by atoms with Gasteiger partial charge in [0.05, 0.1) is 6.04 Å². The monoisotopic (exact) mass is 339 g/mol. The van der Waals surface area contributed by atoms with Gasteiger partial charge < -0.3 is 15.2 Å². The van der Waals surface area contributed by atoms with E-state index in [1.165, 1.54) is 16.7 Å². The smallest absolute Gasteiger partial charge is 0.341 e. The van der Waals surface area contributed by atoms with E-state index in [1.54, 1.807) is 24.3 Å². The minimum Gasteiger partial charge on any atom is -0.482 e. The van der Waals surface area contributed by atoms with Gasteiger partial charge in [0.25, 0.3) is 5.91 Å². The summed E-state index contributed by atoms with van der Waals surface area (Å²) in [6.45, 7) is 3.75. The maximum Gasteiger partial charge on any atom is 0.341 e. The van der Waals surface area contributed by atoms with E-state index >= 15 is 0 Å². The summed E-state index contributed by atoms with van der Waals surface area (Å²) in [7, 11) is 0. The minimum absolute atomic E-state index is 0.0222. The molecule has 2 N–H and O–H groups in total. The fourth-order valence-corrected chi connectivity index (χ4v) is 3.28. The topological polar surface area (TPSA) is 75.6 Å². The van der Waals surface area contributed by atoms with Crippen molar-refractivity contribution in [2.45, 2.75) is 26.3 Å². The van der Waals surface area contributed by atoms with E-state index < -0.39 is 12.6 Å². The van der Waals surface area contributed by atoms with Crippen molar-refractivity contribution in [1.82, 2.24) is 5.32 Å². The second-order valence-corrected chi connectivity index (χ2v) is 6.55. The molecule has 0 bridgehead atoms. The average Bonchev–Trinajstić information content (AvgIpc) is 2.88. The second kappa shape index (κ2) is 6.97. The highest BCUT2D eigenvalue weighted by molar-refractivity contribution is 5.95. The fraction of sp³-hybridized carbons (Fsp3) is 0.300. The predicted molar refractivity (Wildman–Crippen MR) is 93.8 cm³/mol. The summed E-state index contributed by atoms with van der Waals surface area (Å²) >= 11 is 0. The number of benzene rings is 2. The molecule has 3 rings (SSSR count). The Balaban J connectivity index is 1.76. The van der Waals surface area contributed by atoms with Crippen LogP contribution in [0.4, 0.5) is 0 Å². The lowest BCUT2D eigenvalue weighted by Crippen LogP contribution is -2.30. The van der Waals surface area contributed by atoms with E-state index in [9.17, 15) is 9.59 Å². The summed E-state index contributed by atoms with van der Waals surface area (Å²) in [5, 5.41) is 11.8. The molecule has 1 aliphatic carbocycles. The molecule has 1 aliphatic rings. The first kappa shape index (κ1) is 17.0. The summed E-state index contributed by atoms with van der Waals surface area (Å²) in [6, 6.07) is 12.9. The third-order valence-corrected chi connectivity index (χ3v) is 4.49. The Kier molecular flexibility index (Phi) is 4.74. The molecular formula is C20H21NO4. The third-order valence-electron chi connectivity index (χ3n) is 4.49. The highest BCUT2D eigenvalue weighted by atomic mass is 16.5. The minimum atomic E-state index is -1.05. The number of carboxylic acids is 1. The van der Waals surface area contributed by atoms with Crippen LogP contribution in [0.3, 0.4) is 0 Å². The summed E-state index contributed by atoms with van der Waals surface area (Å²) in [5.74, 6) is -0.549. The summed E-state index contributed by atoms with van der Waals surface area (Å²) in [4.78, 5) is 23.2. The van der Waals surface area contributed by atoms with Crippen LogP contribution in [0.1, 0.15) is 40.0 Å².